The zero-order valence-electron chi connectivity index (χ0n) is 15.6. The summed E-state index contributed by atoms with van der Waals surface area (Å²) >= 11 is 0. The number of piperidine rings is 1. The number of likely N-dealkylation sites (tertiary alicyclic amines) is 1. The molecule has 0 aliphatic carbocycles. The first kappa shape index (κ1) is 18.8. The lowest BCUT2D eigenvalue weighted by Crippen LogP contribution is -2.39. The highest BCUT2D eigenvalue weighted by atomic mass is 15.2. The number of hydrogen-bond donors (Lipinski definition) is 2. The second-order valence-electron chi connectivity index (χ2n) is 6.93. The summed E-state index contributed by atoms with van der Waals surface area (Å²) < 4.78 is 0. The molecule has 24 heavy (non-hydrogen) atoms. The summed E-state index contributed by atoms with van der Waals surface area (Å²) in [5.74, 6) is 0.892. The molecule has 4 heteroatoms. The summed E-state index contributed by atoms with van der Waals surface area (Å²) in [5, 5.41) is 6.81. The van der Waals surface area contributed by atoms with E-state index < -0.39 is 0 Å². The minimum atomic E-state index is 0.774. The third kappa shape index (κ3) is 6.52. The van der Waals surface area contributed by atoms with Crippen molar-refractivity contribution in [3.05, 3.63) is 35.4 Å². The standard InChI is InChI=1S/C20H34N4/c1-17-9-8-11-19(15-17)16-23-20(21-3)22-12-5-7-14-24-13-6-4-10-18(24)2/h8-9,11,15,18H,4-7,10,12-14,16H2,1-3H3,(H2,21,22,23). The number of aryl methyl sites for hydroxylation is 1. The van der Waals surface area contributed by atoms with Crippen LogP contribution in [0.2, 0.25) is 0 Å². The Kier molecular flexibility index (Phi) is 8.10. The van der Waals surface area contributed by atoms with Crippen LogP contribution in [0.25, 0.3) is 0 Å². The van der Waals surface area contributed by atoms with Crippen molar-refractivity contribution in [2.45, 2.75) is 58.5 Å². The van der Waals surface area contributed by atoms with E-state index in [2.05, 4.69) is 58.6 Å². The molecule has 1 aromatic carbocycles. The highest BCUT2D eigenvalue weighted by Crippen LogP contribution is 2.16. The fourth-order valence-electron chi connectivity index (χ4n) is 3.36. The second-order valence-corrected chi connectivity index (χ2v) is 6.93. The maximum atomic E-state index is 4.31. The Morgan fingerprint density at radius 1 is 1.25 bits per heavy atom. The summed E-state index contributed by atoms with van der Waals surface area (Å²) in [7, 11) is 1.83. The molecular weight excluding hydrogens is 296 g/mol. The van der Waals surface area contributed by atoms with Gasteiger partial charge in [0.25, 0.3) is 0 Å². The Hall–Kier alpha value is -1.55. The summed E-state index contributed by atoms with van der Waals surface area (Å²) in [6.07, 6.45) is 6.59. The lowest BCUT2D eigenvalue weighted by molar-refractivity contribution is 0.158. The van der Waals surface area contributed by atoms with Crippen LogP contribution in [0.5, 0.6) is 0 Å². The van der Waals surface area contributed by atoms with Crippen molar-refractivity contribution in [3.63, 3.8) is 0 Å². The van der Waals surface area contributed by atoms with Crippen LogP contribution >= 0.6 is 0 Å². The predicted octanol–water partition coefficient (Wildman–Crippen LogP) is 3.31. The van der Waals surface area contributed by atoms with Crippen molar-refractivity contribution in [1.82, 2.24) is 15.5 Å². The van der Waals surface area contributed by atoms with Crippen molar-refractivity contribution < 1.29 is 0 Å². The van der Waals surface area contributed by atoms with E-state index in [9.17, 15) is 0 Å². The zero-order chi connectivity index (χ0) is 17.2. The molecule has 0 amide bonds. The molecular formula is C20H34N4. The van der Waals surface area contributed by atoms with E-state index in [1.54, 1.807) is 0 Å². The first-order valence-corrected chi connectivity index (χ1v) is 9.43. The number of guanidine groups is 1. The number of aliphatic imine (C=N–C) groups is 1. The Balaban J connectivity index is 1.59. The van der Waals surface area contributed by atoms with E-state index in [4.69, 9.17) is 0 Å². The van der Waals surface area contributed by atoms with E-state index in [0.717, 1.165) is 25.1 Å². The first-order valence-electron chi connectivity index (χ1n) is 9.43. The van der Waals surface area contributed by atoms with Crippen LogP contribution < -0.4 is 10.6 Å². The van der Waals surface area contributed by atoms with E-state index in [1.807, 2.05) is 7.05 Å². The number of unbranched alkanes of at least 4 members (excludes halogenated alkanes) is 1. The van der Waals surface area contributed by atoms with Gasteiger partial charge in [0.2, 0.25) is 0 Å². The fourth-order valence-corrected chi connectivity index (χ4v) is 3.36. The number of hydrogen-bond acceptors (Lipinski definition) is 2. The normalized spacial score (nSPS) is 19.3. The van der Waals surface area contributed by atoms with Gasteiger partial charge in [-0.1, -0.05) is 36.2 Å². The molecule has 1 saturated heterocycles. The first-order chi connectivity index (χ1) is 11.7. The molecule has 1 fully saturated rings. The van der Waals surface area contributed by atoms with Crippen LogP contribution in [0, 0.1) is 6.92 Å². The molecule has 0 bridgehead atoms. The van der Waals surface area contributed by atoms with Gasteiger partial charge in [0.15, 0.2) is 5.96 Å². The van der Waals surface area contributed by atoms with Crippen LogP contribution in [0.1, 0.15) is 50.2 Å². The summed E-state index contributed by atoms with van der Waals surface area (Å²) in [5.41, 5.74) is 2.58. The van der Waals surface area contributed by atoms with Crippen LogP contribution in [-0.2, 0) is 6.54 Å². The van der Waals surface area contributed by atoms with Gasteiger partial charge < -0.3 is 15.5 Å². The Bertz CT molecular complexity index is 512. The Morgan fingerprint density at radius 2 is 2.12 bits per heavy atom. The minimum absolute atomic E-state index is 0.774. The SMILES string of the molecule is CN=C(NCCCCN1CCCCC1C)NCc1cccc(C)c1. The number of benzene rings is 1. The second kappa shape index (κ2) is 10.3. The van der Waals surface area contributed by atoms with Gasteiger partial charge in [-0.2, -0.15) is 0 Å². The zero-order valence-corrected chi connectivity index (χ0v) is 15.6. The van der Waals surface area contributed by atoms with E-state index in [-0.39, 0.29) is 0 Å². The maximum Gasteiger partial charge on any atom is 0.191 e. The molecule has 0 spiro atoms. The average molecular weight is 331 g/mol. The molecule has 1 unspecified atom stereocenters. The Morgan fingerprint density at radius 3 is 2.88 bits per heavy atom. The molecule has 1 aliphatic rings. The molecule has 0 radical (unpaired) electrons. The molecule has 1 heterocycles. The molecule has 0 aromatic heterocycles. The van der Waals surface area contributed by atoms with Crippen LogP contribution in [0.4, 0.5) is 0 Å². The highest BCUT2D eigenvalue weighted by Gasteiger charge is 2.16. The Labute approximate surface area is 147 Å². The fraction of sp³-hybridized carbons (Fsp3) is 0.650. The molecule has 2 rings (SSSR count). The van der Waals surface area contributed by atoms with Crippen molar-refractivity contribution in [2.24, 2.45) is 4.99 Å². The van der Waals surface area contributed by atoms with Crippen molar-refractivity contribution in [3.8, 4) is 0 Å². The van der Waals surface area contributed by atoms with Crippen molar-refractivity contribution in [1.29, 1.82) is 0 Å². The van der Waals surface area contributed by atoms with E-state index >= 15 is 0 Å². The van der Waals surface area contributed by atoms with E-state index in [0.29, 0.717) is 0 Å². The van der Waals surface area contributed by atoms with E-state index in [1.165, 1.54) is 56.3 Å². The third-order valence-electron chi connectivity index (χ3n) is 4.87. The van der Waals surface area contributed by atoms with Gasteiger partial charge in [-0.15, -0.1) is 0 Å². The molecule has 1 aliphatic heterocycles. The lowest BCUT2D eigenvalue weighted by atomic mass is 10.0. The molecule has 1 atom stereocenters. The third-order valence-corrected chi connectivity index (χ3v) is 4.87. The van der Waals surface area contributed by atoms with Crippen molar-refractivity contribution in [2.75, 3.05) is 26.7 Å². The molecule has 0 saturated carbocycles. The number of nitrogens with zero attached hydrogens (tertiary/aromatic N) is 2. The predicted molar refractivity (Wildman–Crippen MR) is 104 cm³/mol. The molecule has 134 valence electrons. The number of nitrogens with one attached hydrogen (secondary N) is 2. The molecule has 2 N–H and O–H groups in total. The number of rotatable bonds is 7. The smallest absolute Gasteiger partial charge is 0.191 e. The van der Waals surface area contributed by atoms with Gasteiger partial charge in [0.05, 0.1) is 0 Å². The average Bonchev–Trinajstić information content (AvgIpc) is 2.59. The summed E-state index contributed by atoms with van der Waals surface area (Å²) in [6, 6.07) is 9.35. The lowest BCUT2D eigenvalue weighted by Gasteiger charge is -2.33. The minimum Gasteiger partial charge on any atom is -0.356 e. The van der Waals surface area contributed by atoms with Gasteiger partial charge in [-0.3, -0.25) is 4.99 Å². The van der Waals surface area contributed by atoms with Gasteiger partial charge in [-0.05, 0) is 58.2 Å². The summed E-state index contributed by atoms with van der Waals surface area (Å²) in [6.45, 7) is 8.81. The van der Waals surface area contributed by atoms with Gasteiger partial charge in [0, 0.05) is 26.2 Å². The largest absolute Gasteiger partial charge is 0.356 e. The summed E-state index contributed by atoms with van der Waals surface area (Å²) in [4.78, 5) is 6.96. The van der Waals surface area contributed by atoms with Crippen LogP contribution in [0.15, 0.2) is 29.3 Å². The van der Waals surface area contributed by atoms with Crippen LogP contribution in [0.3, 0.4) is 0 Å². The quantitative estimate of drug-likeness (QED) is 0.458. The van der Waals surface area contributed by atoms with Crippen LogP contribution in [-0.4, -0.2) is 43.6 Å². The highest BCUT2D eigenvalue weighted by molar-refractivity contribution is 5.79. The molecule has 1 aromatic rings. The monoisotopic (exact) mass is 330 g/mol. The topological polar surface area (TPSA) is 39.7 Å². The molecule has 4 nitrogen and oxygen atoms in total. The van der Waals surface area contributed by atoms with Gasteiger partial charge >= 0.3 is 0 Å². The van der Waals surface area contributed by atoms with Crippen molar-refractivity contribution >= 4 is 5.96 Å². The van der Waals surface area contributed by atoms with Gasteiger partial charge in [0.1, 0.15) is 0 Å². The maximum absolute atomic E-state index is 4.31. The van der Waals surface area contributed by atoms with Gasteiger partial charge in [-0.25, -0.2) is 0 Å².